The van der Waals surface area contributed by atoms with Gasteiger partial charge < -0.3 is 0 Å². The first-order valence-corrected chi connectivity index (χ1v) is 9.48. The maximum absolute atomic E-state index is 13.3. The third kappa shape index (κ3) is 3.92. The summed E-state index contributed by atoms with van der Waals surface area (Å²) in [4.78, 5) is 17.9. The van der Waals surface area contributed by atoms with Crippen LogP contribution in [0.2, 0.25) is 0 Å². The lowest BCUT2D eigenvalue weighted by Crippen LogP contribution is -2.33. The highest BCUT2D eigenvalue weighted by Crippen LogP contribution is 2.44. The minimum atomic E-state index is -4.80. The van der Waals surface area contributed by atoms with Gasteiger partial charge in [-0.3, -0.25) is 9.69 Å². The summed E-state index contributed by atoms with van der Waals surface area (Å²) in [5.74, 6) is -1.20. The Morgan fingerprint density at radius 2 is 1.90 bits per heavy atom. The summed E-state index contributed by atoms with van der Waals surface area (Å²) in [5.41, 5.74) is -2.18. The second kappa shape index (κ2) is 7.76. The summed E-state index contributed by atoms with van der Waals surface area (Å²) in [6.07, 6.45) is -2.75. The Balaban J connectivity index is 1.92. The van der Waals surface area contributed by atoms with Gasteiger partial charge in [0.25, 0.3) is 0 Å². The summed E-state index contributed by atoms with van der Waals surface area (Å²) in [6.45, 7) is 3.39. The molecule has 0 aliphatic carbocycles. The quantitative estimate of drug-likeness (QED) is 0.498. The van der Waals surface area contributed by atoms with Crippen LogP contribution in [0.1, 0.15) is 37.1 Å². The number of carbonyl (C=O) groups is 1. The van der Waals surface area contributed by atoms with Crippen molar-refractivity contribution in [3.05, 3.63) is 59.2 Å². The average Bonchev–Trinajstić information content (AvgIpc) is 2.85. The van der Waals surface area contributed by atoms with E-state index in [1.165, 1.54) is 18.2 Å². The van der Waals surface area contributed by atoms with Crippen LogP contribution in [0.5, 0.6) is 0 Å². The van der Waals surface area contributed by atoms with Crippen LogP contribution in [-0.2, 0) is 17.4 Å². The van der Waals surface area contributed by atoms with Gasteiger partial charge in [0.1, 0.15) is 11.9 Å². The van der Waals surface area contributed by atoms with E-state index in [0.717, 1.165) is 22.7 Å². The van der Waals surface area contributed by atoms with E-state index in [-0.39, 0.29) is 16.5 Å². The number of thiocarbonyl (C=S) groups is 1. The third-order valence-corrected chi connectivity index (χ3v) is 5.79. The molecule has 0 bridgehead atoms. The van der Waals surface area contributed by atoms with Crippen LogP contribution in [0.4, 0.5) is 23.2 Å². The first-order chi connectivity index (χ1) is 14.0. The van der Waals surface area contributed by atoms with Crippen molar-refractivity contribution < 1.29 is 22.4 Å². The number of anilines is 1. The predicted octanol–water partition coefficient (Wildman–Crippen LogP) is 5.06. The Morgan fingerprint density at radius 3 is 2.47 bits per heavy atom. The predicted molar refractivity (Wildman–Crippen MR) is 106 cm³/mol. The Hall–Kier alpha value is -2.86. The van der Waals surface area contributed by atoms with Gasteiger partial charge in [0.05, 0.1) is 27.9 Å². The minimum Gasteiger partial charge on any atom is -0.273 e. The number of rotatable bonds is 4. The number of halogens is 4. The van der Waals surface area contributed by atoms with E-state index in [1.54, 1.807) is 26.0 Å². The Morgan fingerprint density at radius 1 is 1.27 bits per heavy atom. The van der Waals surface area contributed by atoms with Crippen LogP contribution in [0.25, 0.3) is 0 Å². The number of nitrogens with zero attached hydrogens (tertiary/aromatic N) is 3. The number of carbonyl (C=O) groups excluding carboxylic acids is 1. The molecule has 1 fully saturated rings. The van der Waals surface area contributed by atoms with Crippen LogP contribution in [0.3, 0.4) is 0 Å². The van der Waals surface area contributed by atoms with Gasteiger partial charge in [-0.1, -0.05) is 38.2 Å². The standard InChI is InChI=1S/C21H17F4N3OS/c1-20(2)15(8-5-12-3-6-13(22)7-4-12)18(30)28(19(20)29)14-9-16(21(23,24)25)17(10-26)27-11-14/h3-4,6-7,9,11,15H,5,8H2,1-2H3. The third-order valence-electron chi connectivity index (χ3n) is 5.32. The molecule has 0 radical (unpaired) electrons. The molecule has 0 spiro atoms. The van der Waals surface area contributed by atoms with Crippen molar-refractivity contribution in [2.24, 2.45) is 11.3 Å². The van der Waals surface area contributed by atoms with E-state index in [2.05, 4.69) is 4.98 Å². The van der Waals surface area contributed by atoms with E-state index in [1.807, 2.05) is 0 Å². The van der Waals surface area contributed by atoms with Gasteiger partial charge in [0, 0.05) is 5.92 Å². The van der Waals surface area contributed by atoms with Crippen molar-refractivity contribution >= 4 is 28.8 Å². The molecule has 1 aliphatic rings. The number of pyridine rings is 1. The Kier molecular flexibility index (Phi) is 5.65. The fraction of sp³-hybridized carbons (Fsp3) is 0.333. The molecule has 4 nitrogen and oxygen atoms in total. The molecule has 2 aromatic rings. The SMILES string of the molecule is CC1(C)C(=O)N(c2cnc(C#N)c(C(F)(F)F)c2)C(=S)C1CCc1ccc(F)cc1. The zero-order valence-electron chi connectivity index (χ0n) is 16.1. The lowest BCUT2D eigenvalue weighted by Gasteiger charge is -2.22. The normalized spacial score (nSPS) is 18.6. The van der Waals surface area contributed by atoms with Crippen molar-refractivity contribution in [3.8, 4) is 6.07 Å². The molecule has 30 heavy (non-hydrogen) atoms. The van der Waals surface area contributed by atoms with Crippen molar-refractivity contribution in [2.75, 3.05) is 4.90 Å². The smallest absolute Gasteiger partial charge is 0.273 e. The molecular weight excluding hydrogens is 418 g/mol. The molecule has 1 saturated heterocycles. The van der Waals surface area contributed by atoms with Gasteiger partial charge in [0.15, 0.2) is 5.69 Å². The lowest BCUT2D eigenvalue weighted by molar-refractivity contribution is -0.138. The molecule has 9 heteroatoms. The van der Waals surface area contributed by atoms with Gasteiger partial charge in [-0.15, -0.1) is 0 Å². The molecule has 1 aromatic carbocycles. The monoisotopic (exact) mass is 435 g/mol. The maximum atomic E-state index is 13.3. The number of aryl methyl sites for hydroxylation is 1. The number of amides is 1. The second-order valence-corrected chi connectivity index (χ2v) is 8.04. The molecule has 1 unspecified atom stereocenters. The second-order valence-electron chi connectivity index (χ2n) is 7.62. The molecule has 3 rings (SSSR count). The first kappa shape index (κ1) is 21.8. The van der Waals surface area contributed by atoms with E-state index >= 15 is 0 Å². The molecular formula is C21H17F4N3OS. The fourth-order valence-electron chi connectivity index (χ4n) is 3.57. The zero-order valence-corrected chi connectivity index (χ0v) is 16.9. The van der Waals surface area contributed by atoms with E-state index in [9.17, 15) is 22.4 Å². The summed E-state index contributed by atoms with van der Waals surface area (Å²) in [6, 6.07) is 8.10. The van der Waals surface area contributed by atoms with Crippen molar-refractivity contribution in [2.45, 2.75) is 32.9 Å². The van der Waals surface area contributed by atoms with Gasteiger partial charge in [0.2, 0.25) is 5.91 Å². The van der Waals surface area contributed by atoms with E-state index < -0.39 is 34.7 Å². The average molecular weight is 435 g/mol. The molecule has 2 heterocycles. The number of alkyl halides is 3. The Bertz CT molecular complexity index is 1040. The molecule has 156 valence electrons. The summed E-state index contributed by atoms with van der Waals surface area (Å²) in [7, 11) is 0. The minimum absolute atomic E-state index is 0.117. The summed E-state index contributed by atoms with van der Waals surface area (Å²) >= 11 is 5.48. The van der Waals surface area contributed by atoms with E-state index in [4.69, 9.17) is 17.5 Å². The van der Waals surface area contributed by atoms with Crippen molar-refractivity contribution in [3.63, 3.8) is 0 Å². The summed E-state index contributed by atoms with van der Waals surface area (Å²) < 4.78 is 53.0. The van der Waals surface area contributed by atoms with Crippen molar-refractivity contribution in [1.82, 2.24) is 4.98 Å². The molecule has 1 aliphatic heterocycles. The lowest BCUT2D eigenvalue weighted by atomic mass is 9.78. The number of hydrogen-bond acceptors (Lipinski definition) is 4. The molecule has 1 amide bonds. The van der Waals surface area contributed by atoms with Crippen LogP contribution in [0, 0.1) is 28.5 Å². The van der Waals surface area contributed by atoms with Gasteiger partial charge in [-0.2, -0.15) is 18.4 Å². The molecule has 0 N–H and O–H groups in total. The summed E-state index contributed by atoms with van der Waals surface area (Å²) in [5, 5.41) is 8.92. The number of aromatic nitrogens is 1. The van der Waals surface area contributed by atoms with Crippen molar-refractivity contribution in [1.29, 1.82) is 5.26 Å². The van der Waals surface area contributed by atoms with Crippen LogP contribution < -0.4 is 4.90 Å². The highest BCUT2D eigenvalue weighted by atomic mass is 32.1. The largest absolute Gasteiger partial charge is 0.419 e. The molecule has 1 atom stereocenters. The van der Waals surface area contributed by atoms with Crippen LogP contribution >= 0.6 is 12.2 Å². The zero-order chi connectivity index (χ0) is 22.3. The highest BCUT2D eigenvalue weighted by molar-refractivity contribution is 7.80. The van der Waals surface area contributed by atoms with Gasteiger partial charge in [-0.05, 0) is 36.6 Å². The van der Waals surface area contributed by atoms with Gasteiger partial charge in [-0.25, -0.2) is 9.37 Å². The fourth-order valence-corrected chi connectivity index (χ4v) is 4.17. The highest BCUT2D eigenvalue weighted by Gasteiger charge is 2.51. The Labute approximate surface area is 176 Å². The first-order valence-electron chi connectivity index (χ1n) is 9.07. The number of nitriles is 1. The van der Waals surface area contributed by atoms with E-state index in [0.29, 0.717) is 12.8 Å². The molecule has 0 saturated carbocycles. The number of hydrogen-bond donors (Lipinski definition) is 0. The maximum Gasteiger partial charge on any atom is 0.419 e. The van der Waals surface area contributed by atoms with Gasteiger partial charge >= 0.3 is 6.18 Å². The molecule has 1 aromatic heterocycles. The van der Waals surface area contributed by atoms with Crippen LogP contribution in [0.15, 0.2) is 36.5 Å². The van der Waals surface area contributed by atoms with Crippen LogP contribution in [-0.4, -0.2) is 15.9 Å². The topological polar surface area (TPSA) is 57.0 Å². The number of benzene rings is 1.